The Hall–Kier alpha value is -1.79. The second-order valence-corrected chi connectivity index (χ2v) is 6.15. The Morgan fingerprint density at radius 3 is 2.67 bits per heavy atom. The van der Waals surface area contributed by atoms with Crippen molar-refractivity contribution in [3.8, 4) is 0 Å². The van der Waals surface area contributed by atoms with Gasteiger partial charge in [-0.05, 0) is 19.8 Å². The molecule has 7 nitrogen and oxygen atoms in total. The summed E-state index contributed by atoms with van der Waals surface area (Å²) < 4.78 is 0. The van der Waals surface area contributed by atoms with Crippen molar-refractivity contribution in [2.45, 2.75) is 57.0 Å². The highest BCUT2D eigenvalue weighted by Crippen LogP contribution is 2.28. The van der Waals surface area contributed by atoms with Gasteiger partial charge in [-0.15, -0.1) is 0 Å². The molecule has 1 heterocycles. The van der Waals surface area contributed by atoms with Crippen molar-refractivity contribution in [3.63, 3.8) is 0 Å². The van der Waals surface area contributed by atoms with Crippen LogP contribution in [-0.4, -0.2) is 52.6 Å². The minimum absolute atomic E-state index is 0.253. The predicted molar refractivity (Wildman–Crippen MR) is 75.8 cm³/mol. The summed E-state index contributed by atoms with van der Waals surface area (Å²) in [5.41, 5.74) is -0.253. The molecule has 21 heavy (non-hydrogen) atoms. The Bertz CT molecular complexity index is 432. The first kappa shape index (κ1) is 15.6. The highest BCUT2D eigenvalue weighted by atomic mass is 16.4. The van der Waals surface area contributed by atoms with E-state index in [2.05, 4.69) is 10.6 Å². The fraction of sp³-hybridized carbons (Fsp3) is 0.786. The zero-order chi connectivity index (χ0) is 15.5. The SMILES string of the molecule is CC1(NC(=O)N2CCNC(=O)C2CC(=O)O)CCCCC1. The van der Waals surface area contributed by atoms with Crippen LogP contribution in [0.2, 0.25) is 0 Å². The monoisotopic (exact) mass is 297 g/mol. The summed E-state index contributed by atoms with van der Waals surface area (Å²) in [5.74, 6) is -1.48. The molecule has 0 aromatic rings. The van der Waals surface area contributed by atoms with Gasteiger partial charge in [-0.2, -0.15) is 0 Å². The molecule has 0 aromatic heterocycles. The Labute approximate surface area is 124 Å². The van der Waals surface area contributed by atoms with E-state index in [4.69, 9.17) is 5.11 Å². The number of carboxylic acid groups (broad SMARTS) is 1. The number of carbonyl (C=O) groups excluding carboxylic acids is 2. The molecular weight excluding hydrogens is 274 g/mol. The fourth-order valence-corrected chi connectivity index (χ4v) is 3.11. The van der Waals surface area contributed by atoms with Gasteiger partial charge in [0.05, 0.1) is 6.42 Å². The smallest absolute Gasteiger partial charge is 0.318 e. The third kappa shape index (κ3) is 3.86. The highest BCUT2D eigenvalue weighted by molar-refractivity contribution is 5.91. The molecule has 3 amide bonds. The van der Waals surface area contributed by atoms with Crippen molar-refractivity contribution in [1.82, 2.24) is 15.5 Å². The number of amides is 3. The molecule has 1 saturated carbocycles. The van der Waals surface area contributed by atoms with Crippen molar-refractivity contribution in [3.05, 3.63) is 0 Å². The lowest BCUT2D eigenvalue weighted by molar-refractivity contribution is -0.142. The van der Waals surface area contributed by atoms with Crippen LogP contribution in [0.3, 0.4) is 0 Å². The van der Waals surface area contributed by atoms with E-state index >= 15 is 0 Å². The molecule has 7 heteroatoms. The molecule has 2 rings (SSSR count). The Morgan fingerprint density at radius 2 is 2.05 bits per heavy atom. The van der Waals surface area contributed by atoms with Crippen LogP contribution >= 0.6 is 0 Å². The molecule has 0 aromatic carbocycles. The molecule has 0 radical (unpaired) electrons. The van der Waals surface area contributed by atoms with E-state index in [1.54, 1.807) is 0 Å². The van der Waals surface area contributed by atoms with Gasteiger partial charge in [0, 0.05) is 18.6 Å². The third-order valence-corrected chi connectivity index (χ3v) is 4.33. The van der Waals surface area contributed by atoms with E-state index < -0.39 is 17.9 Å². The lowest BCUT2D eigenvalue weighted by Crippen LogP contribution is -2.62. The van der Waals surface area contributed by atoms with E-state index in [0.717, 1.165) is 25.7 Å². The van der Waals surface area contributed by atoms with Crippen LogP contribution < -0.4 is 10.6 Å². The first-order chi connectivity index (χ1) is 9.91. The molecule has 1 aliphatic carbocycles. The van der Waals surface area contributed by atoms with Crippen LogP contribution in [0.5, 0.6) is 0 Å². The van der Waals surface area contributed by atoms with Crippen molar-refractivity contribution in [1.29, 1.82) is 0 Å². The van der Waals surface area contributed by atoms with E-state index in [1.807, 2.05) is 6.92 Å². The highest BCUT2D eigenvalue weighted by Gasteiger charge is 2.37. The number of nitrogens with zero attached hydrogens (tertiary/aromatic N) is 1. The molecule has 1 saturated heterocycles. The minimum Gasteiger partial charge on any atom is -0.481 e. The van der Waals surface area contributed by atoms with Gasteiger partial charge in [-0.3, -0.25) is 9.59 Å². The molecule has 0 bridgehead atoms. The Morgan fingerprint density at radius 1 is 1.38 bits per heavy atom. The van der Waals surface area contributed by atoms with E-state index in [9.17, 15) is 14.4 Å². The number of carboxylic acids is 1. The van der Waals surface area contributed by atoms with Crippen LogP contribution in [-0.2, 0) is 9.59 Å². The van der Waals surface area contributed by atoms with E-state index in [1.165, 1.54) is 11.3 Å². The van der Waals surface area contributed by atoms with Gasteiger partial charge in [0.1, 0.15) is 6.04 Å². The van der Waals surface area contributed by atoms with Crippen LogP contribution in [0.25, 0.3) is 0 Å². The number of nitrogens with one attached hydrogen (secondary N) is 2. The van der Waals surface area contributed by atoms with E-state index in [0.29, 0.717) is 13.1 Å². The van der Waals surface area contributed by atoms with Crippen LogP contribution in [0.1, 0.15) is 45.4 Å². The quantitative estimate of drug-likeness (QED) is 0.714. The first-order valence-electron chi connectivity index (χ1n) is 7.50. The number of hydrogen-bond donors (Lipinski definition) is 3. The molecular formula is C14H23N3O4. The number of hydrogen-bond acceptors (Lipinski definition) is 3. The Kier molecular flexibility index (Phi) is 4.69. The normalized spacial score (nSPS) is 25.1. The van der Waals surface area contributed by atoms with Crippen molar-refractivity contribution < 1.29 is 19.5 Å². The third-order valence-electron chi connectivity index (χ3n) is 4.33. The summed E-state index contributed by atoms with van der Waals surface area (Å²) in [6.45, 7) is 2.71. The zero-order valence-corrected chi connectivity index (χ0v) is 12.4. The minimum atomic E-state index is -1.08. The number of aliphatic carboxylic acids is 1. The van der Waals surface area contributed by atoms with Gasteiger partial charge >= 0.3 is 12.0 Å². The topological polar surface area (TPSA) is 98.7 Å². The first-order valence-corrected chi connectivity index (χ1v) is 7.50. The molecule has 1 atom stereocenters. The van der Waals surface area contributed by atoms with Gasteiger partial charge in [0.15, 0.2) is 0 Å². The van der Waals surface area contributed by atoms with Crippen molar-refractivity contribution in [2.24, 2.45) is 0 Å². The van der Waals surface area contributed by atoms with Gasteiger partial charge < -0.3 is 20.6 Å². The maximum atomic E-state index is 12.5. The predicted octanol–water partition coefficient (Wildman–Crippen LogP) is 0.694. The molecule has 2 fully saturated rings. The lowest BCUT2D eigenvalue weighted by Gasteiger charge is -2.40. The number of carbonyl (C=O) groups is 3. The maximum absolute atomic E-state index is 12.5. The van der Waals surface area contributed by atoms with Crippen LogP contribution in [0.15, 0.2) is 0 Å². The summed E-state index contributed by atoms with van der Waals surface area (Å²) in [6, 6.07) is -1.26. The number of rotatable bonds is 3. The zero-order valence-electron chi connectivity index (χ0n) is 12.4. The maximum Gasteiger partial charge on any atom is 0.318 e. The summed E-state index contributed by atoms with van der Waals surface area (Å²) in [4.78, 5) is 36.5. The summed E-state index contributed by atoms with van der Waals surface area (Å²) in [6.07, 6.45) is 4.81. The second kappa shape index (κ2) is 6.32. The number of urea groups is 1. The van der Waals surface area contributed by atoms with Gasteiger partial charge in [-0.1, -0.05) is 19.3 Å². The van der Waals surface area contributed by atoms with Crippen LogP contribution in [0.4, 0.5) is 4.79 Å². The fourth-order valence-electron chi connectivity index (χ4n) is 3.11. The summed E-state index contributed by atoms with van der Waals surface area (Å²) in [7, 11) is 0. The van der Waals surface area contributed by atoms with Crippen LogP contribution in [0, 0.1) is 0 Å². The van der Waals surface area contributed by atoms with E-state index in [-0.39, 0.29) is 18.0 Å². The van der Waals surface area contributed by atoms with Crippen molar-refractivity contribution >= 4 is 17.9 Å². The average molecular weight is 297 g/mol. The largest absolute Gasteiger partial charge is 0.481 e. The number of piperazine rings is 1. The standard InChI is InChI=1S/C14H23N3O4/c1-14(5-3-2-4-6-14)16-13(21)17-8-7-15-12(20)10(17)9-11(18)19/h10H,2-9H2,1H3,(H,15,20)(H,16,21)(H,18,19). The molecule has 2 aliphatic rings. The van der Waals surface area contributed by atoms with Gasteiger partial charge in [-0.25, -0.2) is 4.79 Å². The summed E-state index contributed by atoms with van der Waals surface area (Å²) in [5, 5.41) is 14.5. The molecule has 3 N–H and O–H groups in total. The Balaban J connectivity index is 2.04. The molecule has 0 spiro atoms. The van der Waals surface area contributed by atoms with Gasteiger partial charge in [0.25, 0.3) is 0 Å². The average Bonchev–Trinajstić information content (AvgIpc) is 2.40. The van der Waals surface area contributed by atoms with Gasteiger partial charge in [0.2, 0.25) is 5.91 Å². The molecule has 1 unspecified atom stereocenters. The lowest BCUT2D eigenvalue weighted by atomic mass is 9.83. The summed E-state index contributed by atoms with van der Waals surface area (Å²) >= 11 is 0. The second-order valence-electron chi connectivity index (χ2n) is 6.15. The molecule has 1 aliphatic heterocycles. The van der Waals surface area contributed by atoms with Crippen molar-refractivity contribution in [2.75, 3.05) is 13.1 Å². The molecule has 118 valence electrons.